The molecule has 0 aliphatic rings. The van der Waals surface area contributed by atoms with E-state index < -0.39 is 0 Å². The summed E-state index contributed by atoms with van der Waals surface area (Å²) in [5.74, 6) is 0. The van der Waals surface area contributed by atoms with Crippen molar-refractivity contribution in [2.45, 2.75) is 46.5 Å². The Morgan fingerprint density at radius 2 is 1.07 bits per heavy atom. The normalized spacial score (nSPS) is 7.20. The molecule has 0 aliphatic heterocycles. The molecule has 0 aromatic rings. The van der Waals surface area contributed by atoms with E-state index in [4.69, 9.17) is 21.1 Å². The quantitative estimate of drug-likeness (QED) is 0.540. The molecule has 98 valence electrons. The molecule has 0 unspecified atom stereocenters. The molecule has 15 heavy (non-hydrogen) atoms. The van der Waals surface area contributed by atoms with Crippen LogP contribution in [0.1, 0.15) is 46.5 Å². The molecule has 0 aromatic heterocycles. The van der Waals surface area contributed by atoms with E-state index in [0.29, 0.717) is 6.54 Å². The smallest absolute Gasteiger partial charge is 0.0553 e. The van der Waals surface area contributed by atoms with Crippen LogP contribution >= 0.6 is 0 Å². The van der Waals surface area contributed by atoms with Crippen molar-refractivity contribution < 1.29 is 15.3 Å². The van der Waals surface area contributed by atoms with Gasteiger partial charge in [-0.3, -0.25) is 0 Å². The average Bonchev–Trinajstić information content (AvgIpc) is 2.30. The number of hydrogen-bond acceptors (Lipinski definition) is 4. The zero-order valence-electron chi connectivity index (χ0n) is 10.9. The molecule has 0 aliphatic carbocycles. The summed E-state index contributed by atoms with van der Waals surface area (Å²) in [6.07, 6.45) is 5.54. The minimum atomic E-state index is 0.0972. The largest absolute Gasteiger partial charge is 0.400 e. The molecule has 0 aromatic carbocycles. The first-order chi connectivity index (χ1) is 7.24. The number of aliphatic hydroxyl groups is 3. The van der Waals surface area contributed by atoms with Crippen LogP contribution in [0, 0.1) is 0 Å². The lowest BCUT2D eigenvalue weighted by Gasteiger charge is -1.86. The van der Waals surface area contributed by atoms with E-state index in [-0.39, 0.29) is 13.2 Å². The van der Waals surface area contributed by atoms with Crippen molar-refractivity contribution in [3.63, 3.8) is 0 Å². The molecule has 0 rings (SSSR count). The van der Waals surface area contributed by atoms with E-state index in [1.54, 1.807) is 6.92 Å². The second kappa shape index (κ2) is 48.8. The molecule has 0 bridgehead atoms. The van der Waals surface area contributed by atoms with E-state index in [0.717, 1.165) is 7.11 Å². The Morgan fingerprint density at radius 1 is 0.867 bits per heavy atom. The van der Waals surface area contributed by atoms with Crippen molar-refractivity contribution in [2.75, 3.05) is 26.9 Å². The van der Waals surface area contributed by atoms with Gasteiger partial charge in [0.2, 0.25) is 0 Å². The average molecular weight is 225 g/mol. The fourth-order valence-electron chi connectivity index (χ4n) is 0.500. The third-order valence-electron chi connectivity index (χ3n) is 1.09. The lowest BCUT2D eigenvalue weighted by molar-refractivity contribution is 0.306. The van der Waals surface area contributed by atoms with Crippen LogP contribution in [0.15, 0.2) is 0 Å². The highest BCUT2D eigenvalue weighted by molar-refractivity contribution is 4.31. The Kier molecular flexibility index (Phi) is 78.7. The number of rotatable bonds is 4. The van der Waals surface area contributed by atoms with E-state index >= 15 is 0 Å². The lowest BCUT2D eigenvalue weighted by Crippen LogP contribution is -2.02. The van der Waals surface area contributed by atoms with Gasteiger partial charge in [0.25, 0.3) is 0 Å². The molecule has 0 saturated heterocycles. The van der Waals surface area contributed by atoms with Crippen molar-refractivity contribution in [3.8, 4) is 0 Å². The summed E-state index contributed by atoms with van der Waals surface area (Å²) >= 11 is 0. The van der Waals surface area contributed by atoms with E-state index in [2.05, 4.69) is 13.8 Å². The second-order valence-electron chi connectivity index (χ2n) is 2.54. The molecule has 4 heteroatoms. The highest BCUT2D eigenvalue weighted by atomic mass is 16.3. The third-order valence-corrected chi connectivity index (χ3v) is 1.09. The van der Waals surface area contributed by atoms with Gasteiger partial charge in [-0.25, -0.2) is 0 Å². The fourth-order valence-corrected chi connectivity index (χ4v) is 0.500. The maximum Gasteiger partial charge on any atom is 0.0553 e. The van der Waals surface area contributed by atoms with Crippen LogP contribution in [0.25, 0.3) is 0 Å². The molecule has 0 heterocycles. The van der Waals surface area contributed by atoms with Crippen LogP contribution in [0.2, 0.25) is 0 Å². The van der Waals surface area contributed by atoms with Crippen molar-refractivity contribution in [3.05, 3.63) is 0 Å². The zero-order chi connectivity index (χ0) is 12.9. The first kappa shape index (κ1) is 24.2. The predicted molar refractivity (Wildman–Crippen MR) is 66.9 cm³/mol. The summed E-state index contributed by atoms with van der Waals surface area (Å²) in [6.45, 7) is 6.87. The van der Waals surface area contributed by atoms with Gasteiger partial charge in [-0.1, -0.05) is 39.5 Å². The summed E-state index contributed by atoms with van der Waals surface area (Å²) in [5.41, 5.74) is 4.78. The van der Waals surface area contributed by atoms with E-state index in [1.807, 2.05) is 0 Å². The molecule has 5 N–H and O–H groups in total. The van der Waals surface area contributed by atoms with Crippen LogP contribution in [-0.2, 0) is 0 Å². The summed E-state index contributed by atoms with van der Waals surface area (Å²) in [4.78, 5) is 0. The van der Waals surface area contributed by atoms with Crippen LogP contribution in [-0.4, -0.2) is 42.2 Å². The first-order valence-corrected chi connectivity index (χ1v) is 5.61. The Bertz CT molecular complexity index is 49.1. The van der Waals surface area contributed by atoms with Crippen LogP contribution in [0.4, 0.5) is 0 Å². The summed E-state index contributed by atoms with van der Waals surface area (Å²) in [6, 6.07) is 0. The van der Waals surface area contributed by atoms with Crippen molar-refractivity contribution in [1.29, 1.82) is 0 Å². The Hall–Kier alpha value is -0.160. The number of aliphatic hydroxyl groups excluding tert-OH is 3. The molecular formula is C11H31NO3. The van der Waals surface area contributed by atoms with E-state index in [1.165, 1.54) is 25.7 Å². The molecule has 0 spiro atoms. The van der Waals surface area contributed by atoms with Gasteiger partial charge in [0.05, 0.1) is 6.61 Å². The first-order valence-electron chi connectivity index (χ1n) is 5.61. The predicted octanol–water partition coefficient (Wildman–Crippen LogP) is 1.13. The monoisotopic (exact) mass is 225 g/mol. The van der Waals surface area contributed by atoms with Gasteiger partial charge in [0.15, 0.2) is 0 Å². The Morgan fingerprint density at radius 3 is 1.13 bits per heavy atom. The zero-order valence-corrected chi connectivity index (χ0v) is 10.9. The Labute approximate surface area is 95.1 Å². The van der Waals surface area contributed by atoms with Gasteiger partial charge >= 0.3 is 0 Å². The van der Waals surface area contributed by atoms with Crippen LogP contribution in [0.5, 0.6) is 0 Å². The summed E-state index contributed by atoms with van der Waals surface area (Å²) < 4.78 is 0. The van der Waals surface area contributed by atoms with Gasteiger partial charge < -0.3 is 21.1 Å². The van der Waals surface area contributed by atoms with Crippen LogP contribution < -0.4 is 5.73 Å². The van der Waals surface area contributed by atoms with Gasteiger partial charge in [-0.15, -0.1) is 0 Å². The van der Waals surface area contributed by atoms with Crippen molar-refractivity contribution >= 4 is 0 Å². The molecule has 0 radical (unpaired) electrons. The molecular weight excluding hydrogens is 194 g/mol. The minimum absolute atomic E-state index is 0.0972. The fraction of sp³-hybridized carbons (Fsp3) is 1.00. The Balaban J connectivity index is -0.0000000590. The van der Waals surface area contributed by atoms with Gasteiger partial charge in [0, 0.05) is 20.3 Å². The lowest BCUT2D eigenvalue weighted by atomic mass is 10.2. The highest BCUT2D eigenvalue weighted by Gasteiger charge is 1.75. The standard InChI is InChI=1S/C6H14.C2H7NO.C2H6O.CH4O/c1-3-5-6-4-2;3-1-2-4;1-2-3;1-2/h3-6H2,1-2H3;4H,1-3H2;3H,2H2,1H3;2H,1H3. The summed E-state index contributed by atoms with van der Waals surface area (Å²) in [7, 11) is 1.00. The molecule has 0 saturated carbocycles. The van der Waals surface area contributed by atoms with Gasteiger partial charge in [0.1, 0.15) is 0 Å². The number of unbranched alkanes of at least 4 members (excludes halogenated alkanes) is 3. The minimum Gasteiger partial charge on any atom is -0.400 e. The SMILES string of the molecule is CCCCCC.CCO.CO.NCCO. The molecule has 0 fully saturated rings. The van der Waals surface area contributed by atoms with Gasteiger partial charge in [-0.05, 0) is 6.92 Å². The van der Waals surface area contributed by atoms with Crippen molar-refractivity contribution in [2.24, 2.45) is 5.73 Å². The van der Waals surface area contributed by atoms with Gasteiger partial charge in [-0.2, -0.15) is 0 Å². The maximum absolute atomic E-state index is 7.75. The second-order valence-corrected chi connectivity index (χ2v) is 2.54. The van der Waals surface area contributed by atoms with Crippen LogP contribution in [0.3, 0.4) is 0 Å². The topological polar surface area (TPSA) is 86.7 Å². The molecule has 4 nitrogen and oxygen atoms in total. The number of hydrogen-bond donors (Lipinski definition) is 4. The molecule has 0 amide bonds. The highest BCUT2D eigenvalue weighted by Crippen LogP contribution is 1.95. The van der Waals surface area contributed by atoms with E-state index in [9.17, 15) is 0 Å². The van der Waals surface area contributed by atoms with Crippen molar-refractivity contribution in [1.82, 2.24) is 0 Å². The third kappa shape index (κ3) is 132. The number of nitrogens with two attached hydrogens (primary N) is 1. The summed E-state index contributed by atoms with van der Waals surface area (Å²) in [5, 5.41) is 22.3. The maximum atomic E-state index is 7.75. The molecule has 0 atom stereocenters.